The quantitative estimate of drug-likeness (QED) is 0.844. The predicted molar refractivity (Wildman–Crippen MR) is 99.1 cm³/mol. The van der Waals surface area contributed by atoms with Gasteiger partial charge in [-0.2, -0.15) is 0 Å². The minimum absolute atomic E-state index is 0.0389. The second kappa shape index (κ2) is 6.97. The lowest BCUT2D eigenvalue weighted by atomic mass is 9.97. The third-order valence-electron chi connectivity index (χ3n) is 4.60. The number of nitrogens with one attached hydrogen (secondary N) is 2. The van der Waals surface area contributed by atoms with Gasteiger partial charge in [0, 0.05) is 44.0 Å². The number of urea groups is 1. The van der Waals surface area contributed by atoms with E-state index in [0.29, 0.717) is 44.7 Å². The van der Waals surface area contributed by atoms with Gasteiger partial charge in [-0.3, -0.25) is 9.59 Å². The van der Waals surface area contributed by atoms with E-state index >= 15 is 0 Å². The van der Waals surface area contributed by atoms with Crippen LogP contribution in [0.4, 0.5) is 10.5 Å². The van der Waals surface area contributed by atoms with Crippen LogP contribution in [0.15, 0.2) is 18.2 Å². The van der Waals surface area contributed by atoms with Crippen LogP contribution in [-0.2, 0) is 11.2 Å². The number of carbonyl (C=O) groups is 3. The lowest BCUT2D eigenvalue weighted by Crippen LogP contribution is -2.53. The van der Waals surface area contributed by atoms with Crippen molar-refractivity contribution in [3.05, 3.63) is 29.3 Å². The lowest BCUT2D eigenvalue weighted by Gasteiger charge is -2.35. The van der Waals surface area contributed by atoms with Gasteiger partial charge in [0.1, 0.15) is 0 Å². The minimum atomic E-state index is -0.0749. The van der Waals surface area contributed by atoms with E-state index in [1.807, 2.05) is 0 Å². The number of fused-ring (bicyclic) bond motifs is 1. The Balaban J connectivity index is 1.55. The third-order valence-corrected chi connectivity index (χ3v) is 4.60. The molecule has 26 heavy (non-hydrogen) atoms. The van der Waals surface area contributed by atoms with Crippen molar-refractivity contribution in [2.24, 2.45) is 5.41 Å². The number of benzene rings is 1. The van der Waals surface area contributed by atoms with E-state index < -0.39 is 0 Å². The van der Waals surface area contributed by atoms with Gasteiger partial charge in [0.2, 0.25) is 5.91 Å². The molecule has 7 heteroatoms. The van der Waals surface area contributed by atoms with Crippen LogP contribution in [0.25, 0.3) is 0 Å². The van der Waals surface area contributed by atoms with E-state index in [1.165, 1.54) is 0 Å². The van der Waals surface area contributed by atoms with Crippen LogP contribution < -0.4 is 10.6 Å². The molecule has 2 heterocycles. The van der Waals surface area contributed by atoms with E-state index in [1.54, 1.807) is 28.0 Å². The number of hydrogen-bond donors (Lipinski definition) is 2. The minimum Gasteiger partial charge on any atom is -0.337 e. The molecule has 0 radical (unpaired) electrons. The van der Waals surface area contributed by atoms with Crippen molar-refractivity contribution >= 4 is 23.5 Å². The lowest BCUT2D eigenvalue weighted by molar-refractivity contribution is -0.115. The van der Waals surface area contributed by atoms with Gasteiger partial charge in [0.25, 0.3) is 5.91 Å². The van der Waals surface area contributed by atoms with Crippen molar-refractivity contribution in [2.45, 2.75) is 27.2 Å². The molecule has 0 saturated carbocycles. The first-order chi connectivity index (χ1) is 12.2. The van der Waals surface area contributed by atoms with Gasteiger partial charge in [-0.1, -0.05) is 20.8 Å². The molecule has 0 aliphatic carbocycles. The molecular formula is C19H26N4O3. The Labute approximate surface area is 153 Å². The van der Waals surface area contributed by atoms with Gasteiger partial charge in [-0.15, -0.1) is 0 Å². The Hall–Kier alpha value is -2.57. The molecule has 0 atom stereocenters. The zero-order chi connectivity index (χ0) is 18.9. The maximum absolute atomic E-state index is 12.7. The van der Waals surface area contributed by atoms with E-state index in [0.717, 1.165) is 11.3 Å². The molecule has 3 rings (SSSR count). The fraction of sp³-hybridized carbons (Fsp3) is 0.526. The van der Waals surface area contributed by atoms with Crippen LogP contribution in [0.3, 0.4) is 0 Å². The molecule has 1 aromatic carbocycles. The fourth-order valence-electron chi connectivity index (χ4n) is 3.11. The highest BCUT2D eigenvalue weighted by Crippen LogP contribution is 2.24. The highest BCUT2D eigenvalue weighted by atomic mass is 16.2. The summed E-state index contributed by atoms with van der Waals surface area (Å²) in [5.41, 5.74) is 2.27. The Morgan fingerprint density at radius 1 is 1.12 bits per heavy atom. The average molecular weight is 358 g/mol. The molecular weight excluding hydrogens is 332 g/mol. The summed E-state index contributed by atoms with van der Waals surface area (Å²) in [6.45, 7) is 8.90. The second-order valence-electron chi connectivity index (χ2n) is 8.10. The molecule has 2 aliphatic heterocycles. The first-order valence-electron chi connectivity index (χ1n) is 8.98. The average Bonchev–Trinajstić information content (AvgIpc) is 2.97. The summed E-state index contributed by atoms with van der Waals surface area (Å²) in [4.78, 5) is 39.9. The first kappa shape index (κ1) is 18.2. The highest BCUT2D eigenvalue weighted by Gasteiger charge is 2.26. The number of rotatable bonds is 2. The molecule has 7 nitrogen and oxygen atoms in total. The standard InChI is InChI=1S/C19H26N4O3/c1-19(2,3)12-20-18(26)23-8-6-22(7-9-23)17(25)13-4-5-15-14(10-13)11-16(24)21-15/h4-5,10H,6-9,11-12H2,1-3H3,(H,20,26)(H,21,24). The number of nitrogens with zero attached hydrogens (tertiary/aromatic N) is 2. The Kier molecular flexibility index (Phi) is 4.89. The van der Waals surface area contributed by atoms with Crippen LogP contribution in [0.1, 0.15) is 36.7 Å². The second-order valence-corrected chi connectivity index (χ2v) is 8.10. The van der Waals surface area contributed by atoms with Crippen molar-refractivity contribution in [2.75, 3.05) is 38.0 Å². The molecule has 0 unspecified atom stereocenters. The van der Waals surface area contributed by atoms with E-state index in [9.17, 15) is 14.4 Å². The molecule has 1 aromatic rings. The summed E-state index contributed by atoms with van der Waals surface area (Å²) in [7, 11) is 0. The number of carbonyl (C=O) groups excluding carboxylic acids is 3. The third kappa shape index (κ3) is 4.15. The van der Waals surface area contributed by atoms with Gasteiger partial charge in [0.15, 0.2) is 0 Å². The Bertz CT molecular complexity index is 731. The largest absolute Gasteiger partial charge is 0.337 e. The van der Waals surface area contributed by atoms with Crippen LogP contribution in [0.2, 0.25) is 0 Å². The molecule has 1 fully saturated rings. The Morgan fingerprint density at radius 2 is 1.77 bits per heavy atom. The monoisotopic (exact) mass is 358 g/mol. The normalized spacial score (nSPS) is 17.0. The molecule has 2 aliphatic rings. The van der Waals surface area contributed by atoms with Crippen LogP contribution in [-0.4, -0.2) is 60.4 Å². The molecule has 2 N–H and O–H groups in total. The maximum Gasteiger partial charge on any atom is 0.317 e. The van der Waals surface area contributed by atoms with Gasteiger partial charge >= 0.3 is 6.03 Å². The van der Waals surface area contributed by atoms with Crippen molar-refractivity contribution in [1.82, 2.24) is 15.1 Å². The summed E-state index contributed by atoms with van der Waals surface area (Å²) in [6, 6.07) is 5.24. The van der Waals surface area contributed by atoms with Crippen molar-refractivity contribution in [1.29, 1.82) is 0 Å². The molecule has 0 aromatic heterocycles. The summed E-state index contributed by atoms with van der Waals surface area (Å²) in [5, 5.41) is 5.71. The molecule has 4 amide bonds. The number of amides is 4. The zero-order valence-corrected chi connectivity index (χ0v) is 15.6. The fourth-order valence-corrected chi connectivity index (χ4v) is 3.11. The molecule has 0 bridgehead atoms. The number of anilines is 1. The van der Waals surface area contributed by atoms with E-state index in [-0.39, 0.29) is 23.3 Å². The van der Waals surface area contributed by atoms with E-state index in [4.69, 9.17) is 0 Å². The van der Waals surface area contributed by atoms with E-state index in [2.05, 4.69) is 31.4 Å². The van der Waals surface area contributed by atoms with Crippen LogP contribution >= 0.6 is 0 Å². The molecule has 1 saturated heterocycles. The summed E-state index contributed by atoms with van der Waals surface area (Å²) >= 11 is 0. The highest BCUT2D eigenvalue weighted by molar-refractivity contribution is 6.01. The van der Waals surface area contributed by atoms with Crippen LogP contribution in [0.5, 0.6) is 0 Å². The Morgan fingerprint density at radius 3 is 2.42 bits per heavy atom. The smallest absolute Gasteiger partial charge is 0.317 e. The van der Waals surface area contributed by atoms with Gasteiger partial charge < -0.3 is 20.4 Å². The summed E-state index contributed by atoms with van der Waals surface area (Å²) < 4.78 is 0. The van der Waals surface area contributed by atoms with Crippen molar-refractivity contribution < 1.29 is 14.4 Å². The molecule has 0 spiro atoms. The number of hydrogen-bond acceptors (Lipinski definition) is 3. The summed E-state index contributed by atoms with van der Waals surface area (Å²) in [5.74, 6) is -0.0959. The SMILES string of the molecule is CC(C)(C)CNC(=O)N1CCN(C(=O)c2ccc3c(c2)CC(=O)N3)CC1. The van der Waals surface area contributed by atoms with Crippen LogP contribution in [0, 0.1) is 5.41 Å². The van der Waals surface area contributed by atoms with Gasteiger partial charge in [0.05, 0.1) is 6.42 Å². The predicted octanol–water partition coefficient (Wildman–Crippen LogP) is 1.69. The maximum atomic E-state index is 12.7. The zero-order valence-electron chi connectivity index (χ0n) is 15.6. The van der Waals surface area contributed by atoms with Gasteiger partial charge in [-0.25, -0.2) is 4.79 Å². The van der Waals surface area contributed by atoms with Crippen molar-refractivity contribution in [3.63, 3.8) is 0 Å². The molecule has 140 valence electrons. The van der Waals surface area contributed by atoms with Crippen molar-refractivity contribution in [3.8, 4) is 0 Å². The number of piperazine rings is 1. The first-order valence-corrected chi connectivity index (χ1v) is 8.98. The van der Waals surface area contributed by atoms with Gasteiger partial charge in [-0.05, 0) is 29.2 Å². The topological polar surface area (TPSA) is 81.8 Å². The summed E-state index contributed by atoms with van der Waals surface area (Å²) in [6.07, 6.45) is 0.318.